The molecule has 0 saturated carbocycles. The van der Waals surface area contributed by atoms with Gasteiger partial charge in [-0.05, 0) is 0 Å². The number of halogens is 2. The Morgan fingerprint density at radius 1 is 1.00 bits per heavy atom. The van der Waals surface area contributed by atoms with Gasteiger partial charge in [0.2, 0.25) is 0 Å². The van der Waals surface area contributed by atoms with Crippen LogP contribution in [0, 0.1) is 0 Å². The third-order valence-corrected chi connectivity index (χ3v) is 5.50. The lowest BCUT2D eigenvalue weighted by Gasteiger charge is -2.17. The lowest BCUT2D eigenvalue weighted by Crippen LogP contribution is -2.05. The summed E-state index contributed by atoms with van der Waals surface area (Å²) in [6.07, 6.45) is -0.0912. The van der Waals surface area contributed by atoms with Crippen LogP contribution in [0.25, 0.3) is 0 Å². The molecule has 3 unspecified atom stereocenters. The Hall–Kier alpha value is 0.990. The van der Waals surface area contributed by atoms with Crippen LogP contribution in [0.4, 0.5) is 0 Å². The molecule has 10 nitrogen and oxygen atoms in total. The van der Waals surface area contributed by atoms with Crippen molar-refractivity contribution in [2.24, 2.45) is 0 Å². The first-order chi connectivity index (χ1) is 7.87. The van der Waals surface area contributed by atoms with Crippen molar-refractivity contribution in [1.82, 2.24) is 0 Å². The van der Waals surface area contributed by atoms with Crippen molar-refractivity contribution in [2.75, 3.05) is 5.88 Å². The standard InChI is InChI=1S/C3H9Cl2O10P3/c4-2-1-3(5)13-17(9,10)15-18(11,12)14-16(6,7)8/h3H,1-2H2,(H,9,10)(H,11,12)(H2,6,7,8). The Labute approximate surface area is 111 Å². The quantitative estimate of drug-likeness (QED) is 0.365. The molecule has 0 aliphatic rings. The minimum absolute atomic E-state index is 0.0378. The summed E-state index contributed by atoms with van der Waals surface area (Å²) in [7, 11) is -16.1. The summed E-state index contributed by atoms with van der Waals surface area (Å²) >= 11 is 10.6. The van der Waals surface area contributed by atoms with Gasteiger partial charge in [0, 0.05) is 12.3 Å². The topological polar surface area (TPSA) is 160 Å². The molecule has 0 aromatic carbocycles. The monoisotopic (exact) mass is 368 g/mol. The molecule has 0 aliphatic carbocycles. The molecule has 0 amide bonds. The van der Waals surface area contributed by atoms with Crippen LogP contribution in [0.3, 0.4) is 0 Å². The predicted octanol–water partition coefficient (Wildman–Crippen LogP) is 1.52. The molecule has 0 aromatic heterocycles. The molecule has 0 fully saturated rings. The number of alkyl halides is 2. The van der Waals surface area contributed by atoms with Gasteiger partial charge in [-0.3, -0.25) is 4.52 Å². The van der Waals surface area contributed by atoms with Crippen LogP contribution in [0.2, 0.25) is 0 Å². The molecule has 110 valence electrons. The zero-order valence-electron chi connectivity index (χ0n) is 8.33. The minimum Gasteiger partial charge on any atom is -0.302 e. The normalized spacial score (nSPS) is 21.0. The first-order valence-corrected chi connectivity index (χ1v) is 9.38. The highest BCUT2D eigenvalue weighted by Crippen LogP contribution is 2.66. The van der Waals surface area contributed by atoms with Crippen molar-refractivity contribution in [3.8, 4) is 0 Å². The SMILES string of the molecule is O=P(O)(O)OP(=O)(O)OP(=O)(O)OC(Cl)CCCl. The first kappa shape index (κ1) is 19.0. The van der Waals surface area contributed by atoms with Crippen molar-refractivity contribution >= 4 is 46.7 Å². The summed E-state index contributed by atoms with van der Waals surface area (Å²) in [4.78, 5) is 34.2. The van der Waals surface area contributed by atoms with Crippen LogP contribution < -0.4 is 0 Å². The summed E-state index contributed by atoms with van der Waals surface area (Å²) < 4.78 is 43.3. The summed E-state index contributed by atoms with van der Waals surface area (Å²) in [5.74, 6) is -0.0378. The van der Waals surface area contributed by atoms with Gasteiger partial charge in [-0.25, -0.2) is 13.7 Å². The van der Waals surface area contributed by atoms with Crippen LogP contribution in [0.15, 0.2) is 0 Å². The third-order valence-electron chi connectivity index (χ3n) is 1.000. The van der Waals surface area contributed by atoms with E-state index in [1.807, 2.05) is 0 Å². The fraction of sp³-hybridized carbons (Fsp3) is 1.00. The second kappa shape index (κ2) is 7.13. The number of phosphoric ester groups is 1. The molecule has 0 rings (SSSR count). The maximum Gasteiger partial charge on any atom is 0.490 e. The van der Waals surface area contributed by atoms with Gasteiger partial charge in [0.25, 0.3) is 0 Å². The fourth-order valence-corrected chi connectivity index (χ4v) is 4.36. The van der Waals surface area contributed by atoms with Crippen LogP contribution in [-0.2, 0) is 26.8 Å². The average molecular weight is 369 g/mol. The summed E-state index contributed by atoms with van der Waals surface area (Å²) in [6, 6.07) is 0. The third kappa shape index (κ3) is 9.86. The van der Waals surface area contributed by atoms with E-state index in [4.69, 9.17) is 42.8 Å². The number of rotatable bonds is 8. The maximum absolute atomic E-state index is 11.1. The first-order valence-electron chi connectivity index (χ1n) is 3.89. The zero-order valence-corrected chi connectivity index (χ0v) is 12.5. The Kier molecular flexibility index (Phi) is 7.52. The second-order valence-electron chi connectivity index (χ2n) is 2.58. The molecule has 0 aliphatic heterocycles. The van der Waals surface area contributed by atoms with Gasteiger partial charge in [0.05, 0.1) is 0 Å². The van der Waals surface area contributed by atoms with Crippen LogP contribution in [0.5, 0.6) is 0 Å². The molecule has 4 N–H and O–H groups in total. The molecule has 3 atom stereocenters. The van der Waals surface area contributed by atoms with Gasteiger partial charge in [-0.1, -0.05) is 11.6 Å². The highest BCUT2D eigenvalue weighted by Gasteiger charge is 2.41. The second-order valence-corrected chi connectivity index (χ2v) is 7.82. The smallest absolute Gasteiger partial charge is 0.302 e. The molecule has 0 spiro atoms. The molecule has 0 saturated heterocycles. The predicted molar refractivity (Wildman–Crippen MR) is 59.9 cm³/mol. The van der Waals surface area contributed by atoms with Crippen molar-refractivity contribution in [3.05, 3.63) is 0 Å². The van der Waals surface area contributed by atoms with E-state index >= 15 is 0 Å². The maximum atomic E-state index is 11.1. The average Bonchev–Trinajstić information content (AvgIpc) is 1.93. The molecule has 0 bridgehead atoms. The van der Waals surface area contributed by atoms with E-state index in [0.29, 0.717) is 0 Å². The Balaban J connectivity index is 4.61. The highest BCUT2D eigenvalue weighted by atomic mass is 35.5. The van der Waals surface area contributed by atoms with Crippen molar-refractivity contribution in [3.63, 3.8) is 0 Å². The van der Waals surface area contributed by atoms with Crippen molar-refractivity contribution in [2.45, 2.75) is 12.0 Å². The van der Waals surface area contributed by atoms with E-state index in [0.717, 1.165) is 0 Å². The number of hydrogen-bond acceptors (Lipinski definition) is 6. The van der Waals surface area contributed by atoms with E-state index in [2.05, 4.69) is 13.1 Å². The Morgan fingerprint density at radius 2 is 1.50 bits per heavy atom. The van der Waals surface area contributed by atoms with Gasteiger partial charge in [0.15, 0.2) is 0 Å². The Morgan fingerprint density at radius 3 is 1.89 bits per heavy atom. The fourth-order valence-electron chi connectivity index (χ4n) is 0.582. The highest BCUT2D eigenvalue weighted by molar-refractivity contribution is 7.66. The van der Waals surface area contributed by atoms with Crippen molar-refractivity contribution in [1.29, 1.82) is 0 Å². The molecule has 0 heterocycles. The van der Waals surface area contributed by atoms with Crippen LogP contribution >= 0.6 is 46.7 Å². The van der Waals surface area contributed by atoms with Gasteiger partial charge >= 0.3 is 23.5 Å². The van der Waals surface area contributed by atoms with E-state index in [1.165, 1.54) is 0 Å². The lowest BCUT2D eigenvalue weighted by atomic mass is 10.5. The zero-order chi connectivity index (χ0) is 14.6. The van der Waals surface area contributed by atoms with Gasteiger partial charge in [-0.15, -0.1) is 11.6 Å². The molecule has 18 heavy (non-hydrogen) atoms. The van der Waals surface area contributed by atoms with E-state index in [-0.39, 0.29) is 12.3 Å². The summed E-state index contributed by atoms with van der Waals surface area (Å²) in [5, 5.41) is 0. The van der Waals surface area contributed by atoms with E-state index < -0.39 is 29.0 Å². The van der Waals surface area contributed by atoms with Crippen LogP contribution in [-0.4, -0.2) is 31.0 Å². The molecular formula is C3H9Cl2O10P3. The molecule has 15 heteroatoms. The molecular weight excluding hydrogens is 360 g/mol. The number of phosphoric acid groups is 3. The Bertz CT molecular complexity index is 405. The van der Waals surface area contributed by atoms with Crippen molar-refractivity contribution < 1.29 is 46.4 Å². The van der Waals surface area contributed by atoms with E-state index in [9.17, 15) is 13.7 Å². The molecule has 0 aromatic rings. The lowest BCUT2D eigenvalue weighted by molar-refractivity contribution is 0.159. The summed E-state index contributed by atoms with van der Waals surface area (Å²) in [6.45, 7) is 0. The largest absolute Gasteiger partial charge is 0.490 e. The van der Waals surface area contributed by atoms with Gasteiger partial charge < -0.3 is 19.6 Å². The number of hydrogen-bond donors (Lipinski definition) is 4. The minimum atomic E-state index is -5.50. The van der Waals surface area contributed by atoms with Gasteiger partial charge in [0.1, 0.15) is 5.56 Å². The van der Waals surface area contributed by atoms with Crippen LogP contribution in [0.1, 0.15) is 6.42 Å². The van der Waals surface area contributed by atoms with E-state index in [1.54, 1.807) is 0 Å². The summed E-state index contributed by atoms with van der Waals surface area (Å²) in [5.41, 5.74) is -1.41. The molecule has 0 radical (unpaired) electrons. The van der Waals surface area contributed by atoms with Gasteiger partial charge in [-0.2, -0.15) is 8.62 Å².